The molecule has 0 aliphatic heterocycles. The zero-order valence-electron chi connectivity index (χ0n) is 19.3. The molecule has 0 radical (unpaired) electrons. The number of ether oxygens (including phenoxy) is 1. The number of methoxy groups -OCH3 is 1. The van der Waals surface area contributed by atoms with Crippen LogP contribution < -0.4 is 21.7 Å². The van der Waals surface area contributed by atoms with E-state index in [9.17, 15) is 13.2 Å². The molecular weight excluding hydrogens is 475 g/mol. The van der Waals surface area contributed by atoms with Gasteiger partial charge in [0.25, 0.3) is 0 Å². The van der Waals surface area contributed by atoms with E-state index in [1.165, 1.54) is 19.2 Å². The van der Waals surface area contributed by atoms with Crippen LogP contribution in [0.25, 0.3) is 22.4 Å². The topological polar surface area (TPSA) is 121 Å². The first-order valence-corrected chi connectivity index (χ1v) is 10.8. The number of aromatic nitrogens is 2. The molecule has 0 bridgehead atoms. The van der Waals surface area contributed by atoms with E-state index >= 15 is 0 Å². The molecule has 0 unspecified atom stereocenters. The first-order chi connectivity index (χ1) is 17.2. The summed E-state index contributed by atoms with van der Waals surface area (Å²) in [7, 11) is 1.36. The number of hydroxylamine groups is 1. The molecule has 5 N–H and O–H groups in total. The molecule has 2 aromatic carbocycles. The highest BCUT2D eigenvalue weighted by Gasteiger charge is 2.33. The summed E-state index contributed by atoms with van der Waals surface area (Å²) in [6.07, 6.45) is -4.60. The smallest absolute Gasteiger partial charge is 0.433 e. The van der Waals surface area contributed by atoms with Gasteiger partial charge in [-0.25, -0.2) is 9.97 Å². The predicted octanol–water partition coefficient (Wildman–Crippen LogP) is 4.61. The molecule has 188 valence electrons. The van der Waals surface area contributed by atoms with E-state index in [0.29, 0.717) is 28.1 Å². The Labute approximate surface area is 204 Å². The van der Waals surface area contributed by atoms with Gasteiger partial charge in [0.15, 0.2) is 0 Å². The van der Waals surface area contributed by atoms with Crippen molar-refractivity contribution in [3.63, 3.8) is 0 Å². The monoisotopic (exact) mass is 499 g/mol. The summed E-state index contributed by atoms with van der Waals surface area (Å²) >= 11 is 0. The first-order valence-electron chi connectivity index (χ1n) is 10.8. The lowest BCUT2D eigenvalue weighted by atomic mass is 10.1. The van der Waals surface area contributed by atoms with Crippen molar-refractivity contribution in [2.75, 3.05) is 7.11 Å². The van der Waals surface area contributed by atoms with Gasteiger partial charge in [0, 0.05) is 16.6 Å². The van der Waals surface area contributed by atoms with Gasteiger partial charge in [0.1, 0.15) is 35.0 Å². The SMILES string of the molecule is C=C(N)[C@H](NOCc1nc(-c2ccc(OC)c3nc(C(F)(F)F)ccc23)oc1CN)c1ccccc1. The summed E-state index contributed by atoms with van der Waals surface area (Å²) in [5.41, 5.74) is 15.7. The Morgan fingerprint density at radius 1 is 1.11 bits per heavy atom. The van der Waals surface area contributed by atoms with E-state index < -0.39 is 17.9 Å². The third-order valence-corrected chi connectivity index (χ3v) is 5.44. The Bertz CT molecular complexity index is 1370. The van der Waals surface area contributed by atoms with Crippen LogP contribution in [0.5, 0.6) is 5.75 Å². The maximum absolute atomic E-state index is 13.2. The number of hydrogen-bond donors (Lipinski definition) is 3. The van der Waals surface area contributed by atoms with Crippen molar-refractivity contribution in [2.24, 2.45) is 11.5 Å². The van der Waals surface area contributed by atoms with Gasteiger partial charge in [-0.1, -0.05) is 36.9 Å². The fourth-order valence-electron chi connectivity index (χ4n) is 3.67. The van der Waals surface area contributed by atoms with Crippen molar-refractivity contribution in [1.82, 2.24) is 15.4 Å². The summed E-state index contributed by atoms with van der Waals surface area (Å²) in [6.45, 7) is 3.81. The number of benzene rings is 2. The molecule has 11 heteroatoms. The van der Waals surface area contributed by atoms with Gasteiger partial charge in [0.05, 0.1) is 19.7 Å². The lowest BCUT2D eigenvalue weighted by Crippen LogP contribution is -2.26. The van der Waals surface area contributed by atoms with Crippen LogP contribution in [-0.2, 0) is 24.2 Å². The number of pyridine rings is 1. The number of rotatable bonds is 9. The largest absolute Gasteiger partial charge is 0.494 e. The van der Waals surface area contributed by atoms with E-state index in [0.717, 1.165) is 11.6 Å². The third-order valence-electron chi connectivity index (χ3n) is 5.44. The second-order valence-electron chi connectivity index (χ2n) is 7.82. The van der Waals surface area contributed by atoms with Crippen molar-refractivity contribution in [3.05, 3.63) is 89.6 Å². The number of nitrogens with one attached hydrogen (secondary N) is 1. The van der Waals surface area contributed by atoms with E-state index in [-0.39, 0.29) is 30.3 Å². The standard InChI is InChI=1S/C25H24F3N5O3/c1-14(30)22(15-6-4-3-5-7-15)33-35-13-18-20(12-29)36-24(31-18)17-8-10-19(34-2)23-16(17)9-11-21(32-23)25(26,27)28/h3-11,22,33H,1,12-13,29-30H2,2H3/t22-/m0/s1. The number of nitrogens with zero attached hydrogens (tertiary/aromatic N) is 2. The Morgan fingerprint density at radius 3 is 2.50 bits per heavy atom. The number of fused-ring (bicyclic) bond motifs is 1. The molecule has 2 aromatic heterocycles. The zero-order valence-corrected chi connectivity index (χ0v) is 19.3. The van der Waals surface area contributed by atoms with Crippen LogP contribution >= 0.6 is 0 Å². The molecule has 0 fully saturated rings. The predicted molar refractivity (Wildman–Crippen MR) is 127 cm³/mol. The molecular formula is C25H24F3N5O3. The first kappa shape index (κ1) is 25.2. The summed E-state index contributed by atoms with van der Waals surface area (Å²) < 4.78 is 50.8. The molecule has 0 aliphatic carbocycles. The Kier molecular flexibility index (Phi) is 7.25. The van der Waals surface area contributed by atoms with Gasteiger partial charge in [-0.3, -0.25) is 4.84 Å². The highest BCUT2D eigenvalue weighted by molar-refractivity contribution is 5.96. The Morgan fingerprint density at radius 2 is 1.86 bits per heavy atom. The number of halogens is 3. The fraction of sp³-hybridized carbons (Fsp3) is 0.200. The van der Waals surface area contributed by atoms with Crippen LogP contribution in [0.3, 0.4) is 0 Å². The summed E-state index contributed by atoms with van der Waals surface area (Å²) in [4.78, 5) is 13.9. The van der Waals surface area contributed by atoms with Crippen LogP contribution in [0, 0.1) is 0 Å². The minimum absolute atomic E-state index is 0.0167. The molecule has 0 amide bonds. The van der Waals surface area contributed by atoms with Gasteiger partial charge in [0.2, 0.25) is 5.89 Å². The average Bonchev–Trinajstić information content (AvgIpc) is 3.28. The van der Waals surface area contributed by atoms with Crippen molar-refractivity contribution < 1.29 is 27.2 Å². The number of nitrogens with two attached hydrogens (primary N) is 2. The highest BCUT2D eigenvalue weighted by Crippen LogP contribution is 2.37. The number of hydrogen-bond acceptors (Lipinski definition) is 8. The molecule has 2 heterocycles. The normalized spacial score (nSPS) is 12.6. The van der Waals surface area contributed by atoms with Gasteiger partial charge in [-0.2, -0.15) is 18.7 Å². The molecule has 36 heavy (non-hydrogen) atoms. The van der Waals surface area contributed by atoms with Crippen molar-refractivity contribution in [1.29, 1.82) is 0 Å². The van der Waals surface area contributed by atoms with E-state index in [1.54, 1.807) is 6.07 Å². The molecule has 4 aromatic rings. The van der Waals surface area contributed by atoms with Gasteiger partial charge >= 0.3 is 6.18 Å². The lowest BCUT2D eigenvalue weighted by Gasteiger charge is -2.18. The zero-order chi connectivity index (χ0) is 25.9. The quantitative estimate of drug-likeness (QED) is 0.286. The second kappa shape index (κ2) is 10.4. The van der Waals surface area contributed by atoms with Crippen LogP contribution in [0.15, 0.2) is 71.3 Å². The van der Waals surface area contributed by atoms with Crippen LogP contribution in [0.2, 0.25) is 0 Å². The highest BCUT2D eigenvalue weighted by atomic mass is 19.4. The minimum Gasteiger partial charge on any atom is -0.494 e. The van der Waals surface area contributed by atoms with Gasteiger partial charge in [-0.15, -0.1) is 0 Å². The number of alkyl halides is 3. The maximum Gasteiger partial charge on any atom is 0.433 e. The third kappa shape index (κ3) is 5.18. The van der Waals surface area contributed by atoms with E-state index in [4.69, 9.17) is 25.5 Å². The summed E-state index contributed by atoms with van der Waals surface area (Å²) in [6, 6.07) is 14.3. The minimum atomic E-state index is -4.60. The van der Waals surface area contributed by atoms with Crippen LogP contribution in [0.1, 0.15) is 28.8 Å². The number of oxazole rings is 1. The summed E-state index contributed by atoms with van der Waals surface area (Å²) in [5.74, 6) is 0.705. The maximum atomic E-state index is 13.2. The molecule has 4 rings (SSSR count). The Hall–Kier alpha value is -3.93. The molecule has 0 saturated carbocycles. The van der Waals surface area contributed by atoms with E-state index in [2.05, 4.69) is 22.0 Å². The van der Waals surface area contributed by atoms with Crippen molar-refractivity contribution in [3.8, 4) is 17.2 Å². The van der Waals surface area contributed by atoms with E-state index in [1.807, 2.05) is 30.3 Å². The van der Waals surface area contributed by atoms with Crippen molar-refractivity contribution >= 4 is 10.9 Å². The van der Waals surface area contributed by atoms with Crippen LogP contribution in [-0.4, -0.2) is 17.1 Å². The lowest BCUT2D eigenvalue weighted by molar-refractivity contribution is -0.140. The molecule has 1 atom stereocenters. The molecule has 0 aliphatic rings. The molecule has 0 spiro atoms. The Balaban J connectivity index is 1.62. The molecule has 8 nitrogen and oxygen atoms in total. The average molecular weight is 499 g/mol. The van der Waals surface area contributed by atoms with Crippen LogP contribution in [0.4, 0.5) is 13.2 Å². The van der Waals surface area contributed by atoms with Gasteiger partial charge < -0.3 is 20.6 Å². The van der Waals surface area contributed by atoms with Crippen molar-refractivity contribution in [2.45, 2.75) is 25.4 Å². The molecule has 0 saturated heterocycles. The fourth-order valence-corrected chi connectivity index (χ4v) is 3.67. The van der Waals surface area contributed by atoms with Gasteiger partial charge in [-0.05, 0) is 29.8 Å². The second-order valence-corrected chi connectivity index (χ2v) is 7.82. The summed E-state index contributed by atoms with van der Waals surface area (Å²) in [5, 5.41) is 0.376.